The van der Waals surface area contributed by atoms with E-state index in [1.807, 2.05) is 12.1 Å². The summed E-state index contributed by atoms with van der Waals surface area (Å²) >= 11 is 0. The minimum Gasteiger partial charge on any atom is -0.247 e. The van der Waals surface area contributed by atoms with Crippen LogP contribution in [-0.2, 0) is 16.4 Å². The molecule has 1 aromatic carbocycles. The van der Waals surface area contributed by atoms with E-state index < -0.39 is 10.0 Å². The van der Waals surface area contributed by atoms with Gasteiger partial charge in [0.1, 0.15) is 0 Å². The maximum atomic E-state index is 12.3. The van der Waals surface area contributed by atoms with E-state index >= 15 is 0 Å². The van der Waals surface area contributed by atoms with Gasteiger partial charge in [-0.3, -0.25) is 0 Å². The summed E-state index contributed by atoms with van der Waals surface area (Å²) in [6, 6.07) is 8.68. The molecule has 0 saturated heterocycles. The summed E-state index contributed by atoms with van der Waals surface area (Å²) in [4.78, 5) is 8.19. The lowest BCUT2D eigenvalue weighted by atomic mass is 10.1. The lowest BCUT2D eigenvalue weighted by molar-refractivity contribution is 0.600. The molecule has 1 aromatic heterocycles. The summed E-state index contributed by atoms with van der Waals surface area (Å²) in [5.74, 6) is 0.0898. The first kappa shape index (κ1) is 16.4. The molecule has 0 aliphatic heterocycles. The highest BCUT2D eigenvalue weighted by atomic mass is 32.2. The highest BCUT2D eigenvalue weighted by Gasteiger charge is 2.15. The predicted molar refractivity (Wildman–Crippen MR) is 87.2 cm³/mol. The number of hydrogen-bond acceptors (Lipinski definition) is 4. The van der Waals surface area contributed by atoms with Crippen LogP contribution >= 0.6 is 0 Å². The molecule has 0 fully saturated rings. The molecule has 2 aromatic rings. The van der Waals surface area contributed by atoms with E-state index in [0.717, 1.165) is 18.4 Å². The van der Waals surface area contributed by atoms with Crippen LogP contribution in [0.5, 0.6) is 0 Å². The standard InChI is InChI=1S/C16H21N3O2S/c1-3-4-5-6-14-7-9-15(10-8-14)22(20,21)19-16-17-12-11-13(2)18-16/h7-12H,3-6H2,1-2H3,(H,17,18,19). The summed E-state index contributed by atoms with van der Waals surface area (Å²) in [6.45, 7) is 3.94. The molecule has 22 heavy (non-hydrogen) atoms. The van der Waals surface area contributed by atoms with Gasteiger partial charge in [-0.15, -0.1) is 0 Å². The van der Waals surface area contributed by atoms with Crippen LogP contribution in [0.25, 0.3) is 0 Å². The van der Waals surface area contributed by atoms with Crippen molar-refractivity contribution in [2.24, 2.45) is 0 Å². The molecular weight excluding hydrogens is 298 g/mol. The molecule has 0 saturated carbocycles. The minimum absolute atomic E-state index is 0.0898. The summed E-state index contributed by atoms with van der Waals surface area (Å²) < 4.78 is 27.0. The molecule has 0 radical (unpaired) electrons. The van der Waals surface area contributed by atoms with Gasteiger partial charge in [-0.1, -0.05) is 31.9 Å². The van der Waals surface area contributed by atoms with E-state index in [-0.39, 0.29) is 10.8 Å². The lowest BCUT2D eigenvalue weighted by Gasteiger charge is -2.08. The van der Waals surface area contributed by atoms with Gasteiger partial charge in [0.15, 0.2) is 0 Å². The SMILES string of the molecule is CCCCCc1ccc(S(=O)(=O)Nc2nccc(C)n2)cc1. The zero-order valence-electron chi connectivity index (χ0n) is 12.9. The van der Waals surface area contributed by atoms with E-state index in [0.29, 0.717) is 5.69 Å². The van der Waals surface area contributed by atoms with Crippen LogP contribution in [-0.4, -0.2) is 18.4 Å². The topological polar surface area (TPSA) is 72.0 Å². The third-order valence-electron chi connectivity index (χ3n) is 3.32. The zero-order chi connectivity index (χ0) is 16.0. The normalized spacial score (nSPS) is 11.4. The van der Waals surface area contributed by atoms with Crippen molar-refractivity contribution in [1.82, 2.24) is 9.97 Å². The van der Waals surface area contributed by atoms with Crippen molar-refractivity contribution < 1.29 is 8.42 Å². The Morgan fingerprint density at radius 3 is 2.45 bits per heavy atom. The number of unbranched alkanes of at least 4 members (excludes halogenated alkanes) is 2. The summed E-state index contributed by atoms with van der Waals surface area (Å²) in [5, 5.41) is 0. The van der Waals surface area contributed by atoms with Crippen LogP contribution in [0.1, 0.15) is 37.4 Å². The Bertz CT molecular complexity index is 712. The first-order chi connectivity index (χ1) is 10.5. The van der Waals surface area contributed by atoms with Crippen LogP contribution in [0.15, 0.2) is 41.4 Å². The molecule has 118 valence electrons. The summed E-state index contributed by atoms with van der Waals surface area (Å²) in [6.07, 6.45) is 5.98. The van der Waals surface area contributed by atoms with Gasteiger partial charge in [-0.2, -0.15) is 0 Å². The Morgan fingerprint density at radius 1 is 1.09 bits per heavy atom. The quantitative estimate of drug-likeness (QED) is 0.795. The minimum atomic E-state index is -3.65. The van der Waals surface area contributed by atoms with Crippen LogP contribution < -0.4 is 4.72 Å². The first-order valence-corrected chi connectivity index (χ1v) is 8.91. The number of rotatable bonds is 7. The third kappa shape index (κ3) is 4.53. The van der Waals surface area contributed by atoms with E-state index in [9.17, 15) is 8.42 Å². The molecule has 0 unspecified atom stereocenters. The highest BCUT2D eigenvalue weighted by molar-refractivity contribution is 7.92. The molecule has 6 heteroatoms. The fraction of sp³-hybridized carbons (Fsp3) is 0.375. The van der Waals surface area contributed by atoms with E-state index in [1.165, 1.54) is 19.0 Å². The number of aryl methyl sites for hydroxylation is 2. The molecule has 0 aliphatic carbocycles. The van der Waals surface area contributed by atoms with Crippen LogP contribution in [0.2, 0.25) is 0 Å². The van der Waals surface area contributed by atoms with Crippen LogP contribution in [0, 0.1) is 6.92 Å². The van der Waals surface area contributed by atoms with Crippen molar-refractivity contribution in [2.45, 2.75) is 44.4 Å². The van der Waals surface area contributed by atoms with Gasteiger partial charge in [-0.25, -0.2) is 23.1 Å². The molecule has 0 spiro atoms. The molecule has 0 atom stereocenters. The average Bonchev–Trinajstić information content (AvgIpc) is 2.47. The van der Waals surface area contributed by atoms with Crippen molar-refractivity contribution >= 4 is 16.0 Å². The van der Waals surface area contributed by atoms with Gasteiger partial charge >= 0.3 is 0 Å². The van der Waals surface area contributed by atoms with Crippen molar-refractivity contribution in [3.8, 4) is 0 Å². The average molecular weight is 319 g/mol. The van der Waals surface area contributed by atoms with Gasteiger partial charge in [-0.05, 0) is 43.5 Å². The molecule has 0 aliphatic rings. The van der Waals surface area contributed by atoms with Crippen molar-refractivity contribution in [2.75, 3.05) is 4.72 Å². The number of hydrogen-bond donors (Lipinski definition) is 1. The largest absolute Gasteiger partial charge is 0.264 e. The first-order valence-electron chi connectivity index (χ1n) is 7.42. The number of nitrogens with zero attached hydrogens (tertiary/aromatic N) is 2. The summed E-state index contributed by atoms with van der Waals surface area (Å²) in [7, 11) is -3.65. The Hall–Kier alpha value is -1.95. The smallest absolute Gasteiger partial charge is 0.247 e. The van der Waals surface area contributed by atoms with Gasteiger partial charge < -0.3 is 0 Å². The van der Waals surface area contributed by atoms with Crippen molar-refractivity contribution in [3.05, 3.63) is 47.8 Å². The Labute approximate surface area is 131 Å². The number of sulfonamides is 1. The van der Waals surface area contributed by atoms with Gasteiger partial charge in [0.2, 0.25) is 5.95 Å². The van der Waals surface area contributed by atoms with Crippen LogP contribution in [0.3, 0.4) is 0 Å². The molecule has 2 rings (SSSR count). The van der Waals surface area contributed by atoms with Crippen molar-refractivity contribution in [1.29, 1.82) is 0 Å². The molecule has 0 amide bonds. The maximum absolute atomic E-state index is 12.3. The highest BCUT2D eigenvalue weighted by Crippen LogP contribution is 2.15. The second-order valence-corrected chi connectivity index (χ2v) is 6.91. The lowest BCUT2D eigenvalue weighted by Crippen LogP contribution is -2.15. The molecular formula is C16H21N3O2S. The Kier molecular flexibility index (Phi) is 5.49. The van der Waals surface area contributed by atoms with Gasteiger partial charge in [0.05, 0.1) is 4.90 Å². The third-order valence-corrected chi connectivity index (χ3v) is 4.67. The van der Waals surface area contributed by atoms with E-state index in [1.54, 1.807) is 25.1 Å². The second kappa shape index (κ2) is 7.35. The van der Waals surface area contributed by atoms with Gasteiger partial charge in [0, 0.05) is 11.9 Å². The summed E-state index contributed by atoms with van der Waals surface area (Å²) in [5.41, 5.74) is 1.86. The number of nitrogens with one attached hydrogen (secondary N) is 1. The fourth-order valence-corrected chi connectivity index (χ4v) is 3.04. The Balaban J connectivity index is 2.09. The van der Waals surface area contributed by atoms with Crippen LogP contribution in [0.4, 0.5) is 5.95 Å². The predicted octanol–water partition coefficient (Wildman–Crippen LogP) is 3.32. The van der Waals surface area contributed by atoms with Gasteiger partial charge in [0.25, 0.3) is 10.0 Å². The van der Waals surface area contributed by atoms with E-state index in [2.05, 4.69) is 21.6 Å². The number of aromatic nitrogens is 2. The molecule has 0 bridgehead atoms. The number of benzene rings is 1. The van der Waals surface area contributed by atoms with E-state index in [4.69, 9.17) is 0 Å². The Morgan fingerprint density at radius 2 is 1.82 bits per heavy atom. The van der Waals surface area contributed by atoms with Crippen molar-refractivity contribution in [3.63, 3.8) is 0 Å². The maximum Gasteiger partial charge on any atom is 0.264 e. The number of anilines is 1. The molecule has 1 heterocycles. The second-order valence-electron chi connectivity index (χ2n) is 5.23. The fourth-order valence-electron chi connectivity index (χ4n) is 2.09. The molecule has 5 nitrogen and oxygen atoms in total. The monoisotopic (exact) mass is 319 g/mol. The molecule has 1 N–H and O–H groups in total. The zero-order valence-corrected chi connectivity index (χ0v) is 13.7.